The summed E-state index contributed by atoms with van der Waals surface area (Å²) >= 11 is 0. The Labute approximate surface area is 163 Å². The second-order valence-electron chi connectivity index (χ2n) is 6.72. The van der Waals surface area contributed by atoms with Crippen LogP contribution < -0.4 is 14.8 Å². The molecule has 1 aliphatic carbocycles. The van der Waals surface area contributed by atoms with E-state index in [1.807, 2.05) is 0 Å². The fourth-order valence-electron chi connectivity index (χ4n) is 3.28. The Balaban J connectivity index is 2.08. The van der Waals surface area contributed by atoms with Crippen molar-refractivity contribution in [2.75, 3.05) is 20.3 Å². The van der Waals surface area contributed by atoms with Gasteiger partial charge in [0, 0.05) is 12.1 Å². The molecule has 0 aromatic heterocycles. The molecular weight excluding hydrogens is 368 g/mol. The zero-order valence-electron chi connectivity index (χ0n) is 16.4. The standard InChI is InChI=1S/C19H26N2O7/c1-4-27-17-9-13(15(21(24)25)10-16(17)26-3)19(23)28-11-18(22)20-14-8-6-5-7-12(14)2/h9-10,12,14H,4-8,11H2,1-3H3,(H,20,22)/t12-,14-/m0/s1. The molecule has 1 saturated carbocycles. The van der Waals surface area contributed by atoms with E-state index in [4.69, 9.17) is 14.2 Å². The maximum absolute atomic E-state index is 12.4. The maximum Gasteiger partial charge on any atom is 0.345 e. The highest BCUT2D eigenvalue weighted by Gasteiger charge is 2.27. The number of nitrogens with one attached hydrogen (secondary N) is 1. The van der Waals surface area contributed by atoms with Crippen molar-refractivity contribution in [2.45, 2.75) is 45.6 Å². The Hall–Kier alpha value is -2.84. The lowest BCUT2D eigenvalue weighted by atomic mass is 9.86. The second-order valence-corrected chi connectivity index (χ2v) is 6.72. The molecule has 154 valence electrons. The third-order valence-electron chi connectivity index (χ3n) is 4.79. The summed E-state index contributed by atoms with van der Waals surface area (Å²) in [7, 11) is 1.34. The minimum absolute atomic E-state index is 0.0554. The average molecular weight is 394 g/mol. The summed E-state index contributed by atoms with van der Waals surface area (Å²) in [6.07, 6.45) is 4.13. The molecule has 1 aliphatic rings. The number of carbonyl (C=O) groups excluding carboxylic acids is 2. The number of hydrogen-bond acceptors (Lipinski definition) is 7. The molecule has 1 amide bonds. The van der Waals surface area contributed by atoms with E-state index < -0.39 is 29.1 Å². The molecule has 9 heteroatoms. The van der Waals surface area contributed by atoms with Crippen LogP contribution in [0.15, 0.2) is 12.1 Å². The van der Waals surface area contributed by atoms with Gasteiger partial charge in [-0.05, 0) is 25.7 Å². The first-order chi connectivity index (χ1) is 13.4. The van der Waals surface area contributed by atoms with Gasteiger partial charge in [-0.15, -0.1) is 0 Å². The van der Waals surface area contributed by atoms with E-state index in [0.29, 0.717) is 5.92 Å². The molecule has 0 saturated heterocycles. The Bertz CT molecular complexity index is 735. The van der Waals surface area contributed by atoms with E-state index in [0.717, 1.165) is 31.7 Å². The van der Waals surface area contributed by atoms with Crippen LogP contribution in [-0.4, -0.2) is 43.2 Å². The van der Waals surface area contributed by atoms with E-state index in [9.17, 15) is 19.7 Å². The summed E-state index contributed by atoms with van der Waals surface area (Å²) in [6.45, 7) is 3.58. The Morgan fingerprint density at radius 1 is 1.25 bits per heavy atom. The zero-order valence-corrected chi connectivity index (χ0v) is 16.4. The van der Waals surface area contributed by atoms with Gasteiger partial charge in [0.25, 0.3) is 11.6 Å². The van der Waals surface area contributed by atoms with Crippen molar-refractivity contribution in [3.05, 3.63) is 27.8 Å². The molecule has 0 unspecified atom stereocenters. The van der Waals surface area contributed by atoms with Crippen molar-refractivity contribution in [3.8, 4) is 11.5 Å². The van der Waals surface area contributed by atoms with Gasteiger partial charge in [-0.2, -0.15) is 0 Å². The van der Waals surface area contributed by atoms with Crippen LogP contribution in [0.3, 0.4) is 0 Å². The molecule has 1 aromatic rings. The number of nitro groups is 1. The molecule has 0 bridgehead atoms. The Morgan fingerprint density at radius 3 is 2.57 bits per heavy atom. The molecule has 2 rings (SSSR count). The zero-order chi connectivity index (χ0) is 20.7. The van der Waals surface area contributed by atoms with Gasteiger partial charge in [-0.1, -0.05) is 19.8 Å². The number of ether oxygens (including phenoxy) is 3. The predicted octanol–water partition coefficient (Wildman–Crippen LogP) is 2.85. The molecule has 1 N–H and O–H groups in total. The van der Waals surface area contributed by atoms with E-state index in [1.165, 1.54) is 13.2 Å². The second kappa shape index (κ2) is 9.91. The smallest absolute Gasteiger partial charge is 0.345 e. The molecule has 0 heterocycles. The Kier molecular flexibility index (Phi) is 7.60. The normalized spacial score (nSPS) is 18.8. The van der Waals surface area contributed by atoms with Gasteiger partial charge in [0.2, 0.25) is 0 Å². The summed E-state index contributed by atoms with van der Waals surface area (Å²) < 4.78 is 15.4. The molecule has 0 radical (unpaired) electrons. The van der Waals surface area contributed by atoms with Crippen molar-refractivity contribution in [1.29, 1.82) is 0 Å². The van der Waals surface area contributed by atoms with Crippen LogP contribution in [0.4, 0.5) is 5.69 Å². The third kappa shape index (κ3) is 5.34. The van der Waals surface area contributed by atoms with Crippen LogP contribution in [0.25, 0.3) is 0 Å². The highest BCUT2D eigenvalue weighted by Crippen LogP contribution is 2.35. The van der Waals surface area contributed by atoms with Crippen LogP contribution in [0.2, 0.25) is 0 Å². The third-order valence-corrected chi connectivity index (χ3v) is 4.79. The van der Waals surface area contributed by atoms with E-state index in [1.54, 1.807) is 6.92 Å². The summed E-state index contributed by atoms with van der Waals surface area (Å²) in [5.74, 6) is -0.711. The van der Waals surface area contributed by atoms with Gasteiger partial charge >= 0.3 is 5.97 Å². The average Bonchev–Trinajstić information content (AvgIpc) is 2.67. The van der Waals surface area contributed by atoms with Crippen molar-refractivity contribution < 1.29 is 28.7 Å². The van der Waals surface area contributed by atoms with Crippen molar-refractivity contribution in [1.82, 2.24) is 5.32 Å². The lowest BCUT2D eigenvalue weighted by Crippen LogP contribution is -2.42. The minimum Gasteiger partial charge on any atom is -0.493 e. The maximum atomic E-state index is 12.4. The number of nitro benzene ring substituents is 1. The molecule has 1 aromatic carbocycles. The topological polar surface area (TPSA) is 117 Å². The number of amides is 1. The van der Waals surface area contributed by atoms with Gasteiger partial charge in [0.15, 0.2) is 18.1 Å². The minimum atomic E-state index is -0.970. The van der Waals surface area contributed by atoms with Gasteiger partial charge in [-0.25, -0.2) is 4.79 Å². The van der Waals surface area contributed by atoms with E-state index >= 15 is 0 Å². The molecule has 1 fully saturated rings. The summed E-state index contributed by atoms with van der Waals surface area (Å²) in [4.78, 5) is 35.1. The van der Waals surface area contributed by atoms with Crippen molar-refractivity contribution in [2.24, 2.45) is 5.92 Å². The van der Waals surface area contributed by atoms with E-state index in [2.05, 4.69) is 12.2 Å². The molecule has 28 heavy (non-hydrogen) atoms. The van der Waals surface area contributed by atoms with Gasteiger partial charge in [-0.3, -0.25) is 14.9 Å². The number of rotatable bonds is 8. The number of hydrogen-bond donors (Lipinski definition) is 1. The van der Waals surface area contributed by atoms with Crippen LogP contribution in [0.1, 0.15) is 49.9 Å². The first-order valence-electron chi connectivity index (χ1n) is 9.33. The van der Waals surface area contributed by atoms with Crippen molar-refractivity contribution >= 4 is 17.6 Å². The molecule has 0 aliphatic heterocycles. The number of carbonyl (C=O) groups is 2. The highest BCUT2D eigenvalue weighted by molar-refractivity contribution is 5.96. The summed E-state index contributed by atoms with van der Waals surface area (Å²) in [5, 5.41) is 14.2. The van der Waals surface area contributed by atoms with Crippen LogP contribution in [0, 0.1) is 16.0 Å². The van der Waals surface area contributed by atoms with Crippen molar-refractivity contribution in [3.63, 3.8) is 0 Å². The predicted molar refractivity (Wildman–Crippen MR) is 101 cm³/mol. The molecule has 2 atom stereocenters. The molecule has 9 nitrogen and oxygen atoms in total. The largest absolute Gasteiger partial charge is 0.493 e. The fraction of sp³-hybridized carbons (Fsp3) is 0.579. The quantitative estimate of drug-likeness (QED) is 0.409. The monoisotopic (exact) mass is 394 g/mol. The Morgan fingerprint density at radius 2 is 1.96 bits per heavy atom. The van der Waals surface area contributed by atoms with E-state index in [-0.39, 0.29) is 29.7 Å². The highest BCUT2D eigenvalue weighted by atomic mass is 16.6. The first-order valence-corrected chi connectivity index (χ1v) is 9.33. The summed E-state index contributed by atoms with van der Waals surface area (Å²) in [5.41, 5.74) is -0.778. The van der Waals surface area contributed by atoms with Gasteiger partial charge in [0.05, 0.1) is 24.7 Å². The molecular formula is C19H26N2O7. The molecule has 0 spiro atoms. The first kappa shape index (κ1) is 21.5. The summed E-state index contributed by atoms with van der Waals surface area (Å²) in [6, 6.07) is 2.36. The fourth-order valence-corrected chi connectivity index (χ4v) is 3.28. The van der Waals surface area contributed by atoms with Crippen LogP contribution in [0.5, 0.6) is 11.5 Å². The number of methoxy groups -OCH3 is 1. The lowest BCUT2D eigenvalue weighted by Gasteiger charge is -2.29. The number of benzene rings is 1. The van der Waals surface area contributed by atoms with Gasteiger partial charge < -0.3 is 19.5 Å². The number of nitrogens with zero attached hydrogens (tertiary/aromatic N) is 1. The van der Waals surface area contributed by atoms with Crippen LogP contribution in [-0.2, 0) is 9.53 Å². The van der Waals surface area contributed by atoms with Crippen LogP contribution >= 0.6 is 0 Å². The number of esters is 1. The van der Waals surface area contributed by atoms with Gasteiger partial charge in [0.1, 0.15) is 5.56 Å². The lowest BCUT2D eigenvalue weighted by molar-refractivity contribution is -0.385. The SMILES string of the molecule is CCOc1cc(C(=O)OCC(=O)N[C@H]2CCCC[C@@H]2C)c([N+](=O)[O-])cc1OC.